The van der Waals surface area contributed by atoms with E-state index in [2.05, 4.69) is 18.0 Å². The molecule has 11 heavy (non-hydrogen) atoms. The van der Waals surface area contributed by atoms with Crippen LogP contribution in [0.15, 0.2) is 0 Å². The number of piperazine rings is 1. The lowest BCUT2D eigenvalue weighted by Gasteiger charge is -2.33. The average molecular weight is 155 g/mol. The molecule has 0 atom stereocenters. The molecule has 4 nitrogen and oxygen atoms in total. The molecule has 0 bridgehead atoms. The zero-order valence-corrected chi connectivity index (χ0v) is 6.95. The van der Waals surface area contributed by atoms with E-state index in [1.54, 1.807) is 0 Å². The zero-order chi connectivity index (χ0) is 8.32. The van der Waals surface area contributed by atoms with Crippen molar-refractivity contribution >= 4 is 0 Å². The Hall–Kier alpha value is -0.630. The quantitative estimate of drug-likeness (QED) is 0.315. The third-order valence-corrected chi connectivity index (χ3v) is 2.28. The zero-order valence-electron chi connectivity index (χ0n) is 6.95. The molecule has 0 aromatic heterocycles. The van der Waals surface area contributed by atoms with Gasteiger partial charge in [0.05, 0.1) is 13.1 Å². The fourth-order valence-electron chi connectivity index (χ4n) is 1.28. The summed E-state index contributed by atoms with van der Waals surface area (Å²) in [6, 6.07) is 0. The molecule has 0 aromatic carbocycles. The van der Waals surface area contributed by atoms with Gasteiger partial charge in [0.1, 0.15) is 13.1 Å². The van der Waals surface area contributed by atoms with Crippen molar-refractivity contribution in [1.29, 1.82) is 5.26 Å². The van der Waals surface area contributed by atoms with Gasteiger partial charge in [-0.2, -0.15) is 5.84 Å². The molecule has 1 heterocycles. The van der Waals surface area contributed by atoms with Crippen molar-refractivity contribution in [1.82, 2.24) is 4.90 Å². The van der Waals surface area contributed by atoms with Gasteiger partial charge >= 0.3 is 6.19 Å². The molecule has 0 saturated carbocycles. The number of nitriles is 1. The molecule has 1 fully saturated rings. The molecule has 0 aromatic rings. The molecule has 2 N–H and O–H groups in total. The maximum absolute atomic E-state index is 8.69. The highest BCUT2D eigenvalue weighted by molar-refractivity contribution is 4.65. The van der Waals surface area contributed by atoms with E-state index in [4.69, 9.17) is 11.1 Å². The molecule has 0 radical (unpaired) electrons. The van der Waals surface area contributed by atoms with E-state index >= 15 is 0 Å². The van der Waals surface area contributed by atoms with E-state index in [-0.39, 0.29) is 4.59 Å². The standard InChI is InChI=1S/C7H15N4/c1-2-10-3-5-11(9,7-8)6-4-10/h2-6,9H2,1H3/q+1. The number of nitrogens with zero attached hydrogens (tertiary/aromatic N) is 3. The lowest BCUT2D eigenvalue weighted by atomic mass is 10.3. The van der Waals surface area contributed by atoms with Gasteiger partial charge in [-0.15, -0.1) is 9.85 Å². The van der Waals surface area contributed by atoms with Crippen molar-refractivity contribution in [3.05, 3.63) is 0 Å². The van der Waals surface area contributed by atoms with E-state index in [9.17, 15) is 0 Å². The first-order valence-corrected chi connectivity index (χ1v) is 3.99. The Kier molecular flexibility index (Phi) is 2.45. The Bertz CT molecular complexity index is 164. The minimum atomic E-state index is 0.0799. The third kappa shape index (κ3) is 1.90. The topological polar surface area (TPSA) is 53.0 Å². The van der Waals surface area contributed by atoms with Crippen LogP contribution in [0.1, 0.15) is 6.92 Å². The first kappa shape index (κ1) is 8.47. The highest BCUT2D eigenvalue weighted by Crippen LogP contribution is 2.04. The van der Waals surface area contributed by atoms with Crippen LogP contribution in [-0.4, -0.2) is 42.2 Å². The number of nitrogens with two attached hydrogens (primary N) is 1. The van der Waals surface area contributed by atoms with Crippen molar-refractivity contribution in [2.45, 2.75) is 6.92 Å². The van der Waals surface area contributed by atoms with E-state index in [1.165, 1.54) is 0 Å². The highest BCUT2D eigenvalue weighted by Gasteiger charge is 2.29. The molecular weight excluding hydrogens is 140 g/mol. The Balaban J connectivity index is 2.43. The van der Waals surface area contributed by atoms with Crippen molar-refractivity contribution in [3.8, 4) is 6.19 Å². The number of hydrogen-bond donors (Lipinski definition) is 1. The van der Waals surface area contributed by atoms with Crippen LogP contribution in [0.3, 0.4) is 0 Å². The Morgan fingerprint density at radius 3 is 2.45 bits per heavy atom. The van der Waals surface area contributed by atoms with Crippen LogP contribution in [0, 0.1) is 11.5 Å². The Labute approximate surface area is 67.4 Å². The molecule has 0 amide bonds. The number of hydrogen-bond acceptors (Lipinski definition) is 3. The predicted octanol–water partition coefficient (Wildman–Crippen LogP) is -0.507. The molecule has 0 spiro atoms. The van der Waals surface area contributed by atoms with Gasteiger partial charge in [0.25, 0.3) is 0 Å². The summed E-state index contributed by atoms with van der Waals surface area (Å²) in [5.41, 5.74) is 0. The van der Waals surface area contributed by atoms with Gasteiger partial charge in [0.15, 0.2) is 0 Å². The van der Waals surface area contributed by atoms with Crippen LogP contribution in [-0.2, 0) is 0 Å². The minimum Gasteiger partial charge on any atom is -0.292 e. The molecule has 1 saturated heterocycles. The Morgan fingerprint density at radius 2 is 2.09 bits per heavy atom. The van der Waals surface area contributed by atoms with Crippen LogP contribution in [0.4, 0.5) is 0 Å². The molecular formula is C7H15N4+. The fraction of sp³-hybridized carbons (Fsp3) is 0.857. The monoisotopic (exact) mass is 155 g/mol. The van der Waals surface area contributed by atoms with Gasteiger partial charge in [-0.05, 0) is 6.54 Å². The lowest BCUT2D eigenvalue weighted by Crippen LogP contribution is -2.60. The number of quaternary nitrogens is 1. The van der Waals surface area contributed by atoms with Crippen LogP contribution >= 0.6 is 0 Å². The molecule has 1 aliphatic heterocycles. The summed E-state index contributed by atoms with van der Waals surface area (Å²) in [4.78, 5) is 2.31. The second-order valence-electron chi connectivity index (χ2n) is 3.02. The van der Waals surface area contributed by atoms with E-state index < -0.39 is 0 Å². The smallest absolute Gasteiger partial charge is 0.292 e. The first-order valence-electron chi connectivity index (χ1n) is 3.99. The first-order chi connectivity index (χ1) is 5.20. The van der Waals surface area contributed by atoms with Crippen LogP contribution < -0.4 is 5.84 Å². The molecule has 0 aliphatic carbocycles. The van der Waals surface area contributed by atoms with Crippen molar-refractivity contribution in [2.75, 3.05) is 32.7 Å². The maximum Gasteiger partial charge on any atom is 0.329 e. The lowest BCUT2D eigenvalue weighted by molar-refractivity contribution is -0.882. The van der Waals surface area contributed by atoms with Gasteiger partial charge < -0.3 is 0 Å². The maximum atomic E-state index is 8.69. The second-order valence-corrected chi connectivity index (χ2v) is 3.02. The summed E-state index contributed by atoms with van der Waals surface area (Å²) in [6.07, 6.45) is 2.11. The summed E-state index contributed by atoms with van der Waals surface area (Å²) >= 11 is 0. The van der Waals surface area contributed by atoms with Crippen molar-refractivity contribution in [2.24, 2.45) is 5.84 Å². The molecule has 62 valence electrons. The van der Waals surface area contributed by atoms with Crippen LogP contribution in [0.5, 0.6) is 0 Å². The fourth-order valence-corrected chi connectivity index (χ4v) is 1.28. The largest absolute Gasteiger partial charge is 0.329 e. The minimum absolute atomic E-state index is 0.0799. The predicted molar refractivity (Wildman–Crippen MR) is 41.9 cm³/mol. The van der Waals surface area contributed by atoms with Crippen LogP contribution in [0.25, 0.3) is 0 Å². The van der Waals surface area contributed by atoms with Crippen molar-refractivity contribution < 1.29 is 4.59 Å². The average Bonchev–Trinajstić information content (AvgIpc) is 2.06. The van der Waals surface area contributed by atoms with Gasteiger partial charge in [0.2, 0.25) is 0 Å². The van der Waals surface area contributed by atoms with E-state index in [0.717, 1.165) is 32.7 Å². The summed E-state index contributed by atoms with van der Waals surface area (Å²) in [7, 11) is 0. The molecule has 0 unspecified atom stereocenters. The summed E-state index contributed by atoms with van der Waals surface area (Å²) < 4.78 is 0.0799. The van der Waals surface area contributed by atoms with Gasteiger partial charge in [-0.3, -0.25) is 4.90 Å². The van der Waals surface area contributed by atoms with Gasteiger partial charge in [-0.25, -0.2) is 0 Å². The van der Waals surface area contributed by atoms with Gasteiger partial charge in [-0.1, -0.05) is 6.92 Å². The Morgan fingerprint density at radius 1 is 1.55 bits per heavy atom. The number of likely N-dealkylation sites (N-methyl/N-ethyl adjacent to an activating group) is 1. The van der Waals surface area contributed by atoms with Crippen LogP contribution in [0.2, 0.25) is 0 Å². The van der Waals surface area contributed by atoms with E-state index in [1.807, 2.05) is 0 Å². The number of rotatable bonds is 1. The third-order valence-electron chi connectivity index (χ3n) is 2.28. The molecule has 1 rings (SSSR count). The van der Waals surface area contributed by atoms with Crippen molar-refractivity contribution in [3.63, 3.8) is 0 Å². The SMILES string of the molecule is CCN1CC[N+](N)(C#N)CC1. The highest BCUT2D eigenvalue weighted by atomic mass is 15.6. The summed E-state index contributed by atoms with van der Waals surface area (Å²) in [5.74, 6) is 5.72. The normalized spacial score (nSPS) is 24.5. The van der Waals surface area contributed by atoms with Gasteiger partial charge in [0, 0.05) is 0 Å². The summed E-state index contributed by atoms with van der Waals surface area (Å²) in [6.45, 7) is 6.59. The van der Waals surface area contributed by atoms with E-state index in [0.29, 0.717) is 0 Å². The summed E-state index contributed by atoms with van der Waals surface area (Å²) in [5, 5.41) is 8.69. The molecule has 1 aliphatic rings. The second kappa shape index (κ2) is 3.18. The molecule has 4 heteroatoms.